The second kappa shape index (κ2) is 14.3. The van der Waals surface area contributed by atoms with Gasteiger partial charge in [-0.1, -0.05) is 170 Å². The lowest BCUT2D eigenvalue weighted by Gasteiger charge is -2.11. The van der Waals surface area contributed by atoms with Crippen LogP contribution in [0.3, 0.4) is 0 Å². The predicted molar refractivity (Wildman–Crippen MR) is 231 cm³/mol. The number of pyridine rings is 1. The van der Waals surface area contributed by atoms with Gasteiger partial charge >= 0.3 is 0 Å². The Balaban J connectivity index is 1.03. The quantitative estimate of drug-likeness (QED) is 0.154. The summed E-state index contributed by atoms with van der Waals surface area (Å²) in [6.45, 7) is 0. The third-order valence-corrected chi connectivity index (χ3v) is 10.4. The van der Waals surface area contributed by atoms with Crippen molar-refractivity contribution in [3.05, 3.63) is 207 Å². The molecular weight excluding hydrogens is 681 g/mol. The molecule has 2 heterocycles. The fourth-order valence-electron chi connectivity index (χ4n) is 7.44. The number of nitrogens with zero attached hydrogens (tertiary/aromatic N) is 4. The van der Waals surface area contributed by atoms with Gasteiger partial charge in [0.15, 0.2) is 17.5 Å². The lowest BCUT2D eigenvalue weighted by molar-refractivity contribution is 1.07. The van der Waals surface area contributed by atoms with Gasteiger partial charge in [-0.15, -0.1) is 0 Å². The molecule has 4 nitrogen and oxygen atoms in total. The van der Waals surface area contributed by atoms with E-state index in [4.69, 9.17) is 15.0 Å². The highest BCUT2D eigenvalue weighted by molar-refractivity contribution is 6.08. The molecule has 10 aromatic rings. The summed E-state index contributed by atoms with van der Waals surface area (Å²) in [5.74, 6) is 1.88. The number of fused-ring (bicyclic) bond motifs is 3. The van der Waals surface area contributed by atoms with Crippen molar-refractivity contribution in [3.8, 4) is 78.7 Å². The van der Waals surface area contributed by atoms with Crippen LogP contribution in [0.25, 0.3) is 100 Å². The minimum atomic E-state index is 0.624. The standard InChI is InChI=1S/C52H34N4/c1-3-9-35(10-4-1)37-17-22-40(23-18-37)50-54-51(41-24-19-38(20-25-41)36-11-5-2-6-12-36)56-52(55-50)47-16-8-15-44(33-47)42-13-7-14-43(31-42)45-27-28-48-46(32-45)26-21-39-29-30-53-34-49(39)48/h1-34H. The first-order valence-corrected chi connectivity index (χ1v) is 18.8. The van der Waals surface area contributed by atoms with Crippen molar-refractivity contribution in [2.45, 2.75) is 0 Å². The van der Waals surface area contributed by atoms with Gasteiger partial charge in [-0.2, -0.15) is 0 Å². The fraction of sp³-hybridized carbons (Fsp3) is 0. The van der Waals surface area contributed by atoms with Crippen LogP contribution in [0.4, 0.5) is 0 Å². The van der Waals surface area contributed by atoms with Crippen molar-refractivity contribution in [1.82, 2.24) is 19.9 Å². The summed E-state index contributed by atoms with van der Waals surface area (Å²) in [4.78, 5) is 19.6. The maximum absolute atomic E-state index is 5.09. The molecule has 262 valence electrons. The molecule has 0 fully saturated rings. The number of rotatable bonds is 7. The van der Waals surface area contributed by atoms with Crippen LogP contribution in [0.5, 0.6) is 0 Å². The first-order chi connectivity index (χ1) is 27.7. The molecule has 0 unspecified atom stereocenters. The van der Waals surface area contributed by atoms with Crippen molar-refractivity contribution in [2.24, 2.45) is 0 Å². The molecule has 56 heavy (non-hydrogen) atoms. The van der Waals surface area contributed by atoms with E-state index in [0.29, 0.717) is 17.5 Å². The van der Waals surface area contributed by atoms with E-state index in [0.717, 1.165) is 44.5 Å². The molecule has 0 saturated heterocycles. The third kappa shape index (κ3) is 6.50. The van der Waals surface area contributed by atoms with Crippen molar-refractivity contribution >= 4 is 21.5 Å². The summed E-state index contributed by atoms with van der Waals surface area (Å²) in [5.41, 5.74) is 11.9. The van der Waals surface area contributed by atoms with Crippen LogP contribution in [0.2, 0.25) is 0 Å². The van der Waals surface area contributed by atoms with Gasteiger partial charge in [0, 0.05) is 34.5 Å². The first-order valence-electron chi connectivity index (χ1n) is 18.8. The van der Waals surface area contributed by atoms with Crippen LogP contribution < -0.4 is 0 Å². The molecular formula is C52H34N4. The van der Waals surface area contributed by atoms with E-state index in [1.54, 1.807) is 0 Å². The largest absolute Gasteiger partial charge is 0.264 e. The van der Waals surface area contributed by atoms with Gasteiger partial charge < -0.3 is 0 Å². The van der Waals surface area contributed by atoms with Gasteiger partial charge in [0.25, 0.3) is 0 Å². The maximum atomic E-state index is 5.09. The number of benzene rings is 8. The maximum Gasteiger partial charge on any atom is 0.164 e. The highest BCUT2D eigenvalue weighted by Gasteiger charge is 2.14. The molecule has 0 spiro atoms. The second-order valence-electron chi connectivity index (χ2n) is 14.0. The minimum Gasteiger partial charge on any atom is -0.264 e. The predicted octanol–water partition coefficient (Wildman–Crippen LogP) is 13.2. The molecule has 0 aliphatic carbocycles. The monoisotopic (exact) mass is 714 g/mol. The molecule has 0 aliphatic rings. The van der Waals surface area contributed by atoms with Crippen LogP contribution in [-0.4, -0.2) is 19.9 Å². The molecule has 0 N–H and O–H groups in total. The normalized spacial score (nSPS) is 11.2. The lowest BCUT2D eigenvalue weighted by atomic mass is 9.95. The van der Waals surface area contributed by atoms with E-state index < -0.39 is 0 Å². The van der Waals surface area contributed by atoms with Gasteiger partial charge in [0.2, 0.25) is 0 Å². The Bertz CT molecular complexity index is 2890. The van der Waals surface area contributed by atoms with Gasteiger partial charge in [-0.3, -0.25) is 4.98 Å². The minimum absolute atomic E-state index is 0.624. The summed E-state index contributed by atoms with van der Waals surface area (Å²) in [5, 5.41) is 4.77. The molecule has 0 aliphatic heterocycles. The van der Waals surface area contributed by atoms with E-state index in [9.17, 15) is 0 Å². The first kappa shape index (κ1) is 33.0. The highest BCUT2D eigenvalue weighted by atomic mass is 15.0. The molecule has 0 saturated carbocycles. The average molecular weight is 715 g/mol. The van der Waals surface area contributed by atoms with Crippen molar-refractivity contribution in [1.29, 1.82) is 0 Å². The summed E-state index contributed by atoms with van der Waals surface area (Å²) in [6, 6.07) is 68.0. The van der Waals surface area contributed by atoms with Crippen molar-refractivity contribution < 1.29 is 0 Å². The molecule has 4 heteroatoms. The summed E-state index contributed by atoms with van der Waals surface area (Å²) in [6.07, 6.45) is 3.80. The Morgan fingerprint density at radius 3 is 1.23 bits per heavy atom. The number of hydrogen-bond donors (Lipinski definition) is 0. The SMILES string of the molecule is c1ccc(-c2ccc(-c3nc(-c4ccc(-c5ccccc5)cc4)nc(-c4cccc(-c5cccc(-c6ccc7c(ccc8ccncc87)c6)c5)c4)n3)cc2)cc1. The van der Waals surface area contributed by atoms with Crippen LogP contribution in [0.1, 0.15) is 0 Å². The van der Waals surface area contributed by atoms with Crippen molar-refractivity contribution in [2.75, 3.05) is 0 Å². The number of hydrogen-bond acceptors (Lipinski definition) is 4. The van der Waals surface area contributed by atoms with Crippen LogP contribution >= 0.6 is 0 Å². The molecule has 10 rings (SSSR count). The topological polar surface area (TPSA) is 51.6 Å². The number of aromatic nitrogens is 4. The summed E-state index contributed by atoms with van der Waals surface area (Å²) >= 11 is 0. The van der Waals surface area contributed by atoms with E-state index in [2.05, 4.69) is 187 Å². The zero-order valence-corrected chi connectivity index (χ0v) is 30.4. The second-order valence-corrected chi connectivity index (χ2v) is 14.0. The molecule has 0 amide bonds. The molecule has 0 radical (unpaired) electrons. The van der Waals surface area contributed by atoms with Gasteiger partial charge in [0.1, 0.15) is 0 Å². The lowest BCUT2D eigenvalue weighted by Crippen LogP contribution is -2.00. The van der Waals surface area contributed by atoms with E-state index in [1.807, 2.05) is 24.5 Å². The summed E-state index contributed by atoms with van der Waals surface area (Å²) < 4.78 is 0. The Morgan fingerprint density at radius 2 is 0.661 bits per heavy atom. The van der Waals surface area contributed by atoms with Gasteiger partial charge in [-0.05, 0) is 84.9 Å². The molecule has 2 aromatic heterocycles. The smallest absolute Gasteiger partial charge is 0.164 e. The van der Waals surface area contributed by atoms with Gasteiger partial charge in [0.05, 0.1) is 0 Å². The highest BCUT2D eigenvalue weighted by Crippen LogP contribution is 2.34. The Labute approximate surface area is 325 Å². The zero-order valence-electron chi connectivity index (χ0n) is 30.4. The average Bonchev–Trinajstić information content (AvgIpc) is 3.29. The van der Waals surface area contributed by atoms with Crippen LogP contribution in [0, 0.1) is 0 Å². The van der Waals surface area contributed by atoms with Crippen LogP contribution in [0.15, 0.2) is 207 Å². The molecule has 0 bridgehead atoms. The fourth-order valence-corrected chi connectivity index (χ4v) is 7.44. The molecule has 8 aromatic carbocycles. The summed E-state index contributed by atoms with van der Waals surface area (Å²) in [7, 11) is 0. The Kier molecular flexibility index (Phi) is 8.47. The zero-order chi connectivity index (χ0) is 37.3. The molecule has 0 atom stereocenters. The van der Waals surface area contributed by atoms with E-state index in [1.165, 1.54) is 38.2 Å². The van der Waals surface area contributed by atoms with Crippen LogP contribution in [-0.2, 0) is 0 Å². The van der Waals surface area contributed by atoms with Gasteiger partial charge in [-0.25, -0.2) is 15.0 Å². The van der Waals surface area contributed by atoms with Crippen molar-refractivity contribution in [3.63, 3.8) is 0 Å². The Morgan fingerprint density at radius 1 is 0.250 bits per heavy atom. The third-order valence-electron chi connectivity index (χ3n) is 10.4. The Hall–Kier alpha value is -7.56. The van der Waals surface area contributed by atoms with E-state index in [-0.39, 0.29) is 0 Å². The van der Waals surface area contributed by atoms with E-state index >= 15 is 0 Å².